The van der Waals surface area contributed by atoms with Gasteiger partial charge in [0.2, 0.25) is 0 Å². The maximum absolute atomic E-state index is 5.97. The van der Waals surface area contributed by atoms with Crippen molar-refractivity contribution < 1.29 is 9.47 Å². The molecule has 1 aliphatic heterocycles. The van der Waals surface area contributed by atoms with E-state index in [1.807, 2.05) is 18.2 Å². The zero-order chi connectivity index (χ0) is 12.3. The molecule has 0 bridgehead atoms. The summed E-state index contributed by atoms with van der Waals surface area (Å²) in [6.45, 7) is 2.94. The largest absolute Gasteiger partial charge is 0.495 e. The van der Waals surface area contributed by atoms with Crippen molar-refractivity contribution in [1.29, 1.82) is 0 Å². The average molecular weight is 256 g/mol. The van der Waals surface area contributed by atoms with Gasteiger partial charge in [-0.05, 0) is 31.9 Å². The number of halogens is 1. The van der Waals surface area contributed by atoms with Crippen molar-refractivity contribution in [3.8, 4) is 5.75 Å². The number of hydrogen-bond acceptors (Lipinski definition) is 3. The molecule has 1 N–H and O–H groups in total. The minimum atomic E-state index is 0.312. The molecule has 0 amide bonds. The van der Waals surface area contributed by atoms with Gasteiger partial charge in [-0.15, -0.1) is 0 Å². The first kappa shape index (κ1) is 12.5. The molecule has 17 heavy (non-hydrogen) atoms. The van der Waals surface area contributed by atoms with Gasteiger partial charge in [0.1, 0.15) is 5.75 Å². The molecule has 0 saturated carbocycles. The Balaban J connectivity index is 1.90. The second-order valence-corrected chi connectivity index (χ2v) is 4.78. The van der Waals surface area contributed by atoms with E-state index in [0.717, 1.165) is 25.1 Å². The van der Waals surface area contributed by atoms with E-state index in [0.29, 0.717) is 23.0 Å². The molecular weight excluding hydrogens is 238 g/mol. The summed E-state index contributed by atoms with van der Waals surface area (Å²) in [5.74, 6) is 0.692. The molecule has 1 aliphatic rings. The highest BCUT2D eigenvalue weighted by Gasteiger charge is 2.21. The van der Waals surface area contributed by atoms with Crippen LogP contribution in [0.3, 0.4) is 0 Å². The average Bonchev–Trinajstić information content (AvgIpc) is 2.74. The van der Waals surface area contributed by atoms with Crippen LogP contribution in [0.2, 0.25) is 5.02 Å². The Hall–Kier alpha value is -0.930. The summed E-state index contributed by atoms with van der Waals surface area (Å²) in [5, 5.41) is 3.97. The molecular formula is C13H18ClNO2. The molecule has 1 heterocycles. The van der Waals surface area contributed by atoms with Crippen LogP contribution in [0.25, 0.3) is 0 Å². The van der Waals surface area contributed by atoms with Gasteiger partial charge in [-0.2, -0.15) is 0 Å². The maximum Gasteiger partial charge on any atom is 0.139 e. The molecule has 3 nitrogen and oxygen atoms in total. The third kappa shape index (κ3) is 3.27. The van der Waals surface area contributed by atoms with E-state index in [4.69, 9.17) is 21.1 Å². The molecule has 1 saturated heterocycles. The molecule has 2 unspecified atom stereocenters. The molecule has 1 aromatic carbocycles. The second kappa shape index (κ2) is 5.61. The lowest BCUT2D eigenvalue weighted by Crippen LogP contribution is -2.19. The van der Waals surface area contributed by atoms with Crippen LogP contribution >= 0.6 is 11.6 Å². The summed E-state index contributed by atoms with van der Waals surface area (Å²) in [6.07, 6.45) is 2.98. The van der Waals surface area contributed by atoms with Crippen molar-refractivity contribution in [2.45, 2.75) is 32.0 Å². The summed E-state index contributed by atoms with van der Waals surface area (Å²) in [7, 11) is 1.62. The van der Waals surface area contributed by atoms with Gasteiger partial charge in [-0.3, -0.25) is 0 Å². The topological polar surface area (TPSA) is 30.5 Å². The Bertz CT molecular complexity index is 384. The van der Waals surface area contributed by atoms with Crippen LogP contribution in [0.4, 0.5) is 5.69 Å². The Morgan fingerprint density at radius 1 is 1.47 bits per heavy atom. The molecule has 0 aliphatic carbocycles. The molecule has 2 rings (SSSR count). The fraction of sp³-hybridized carbons (Fsp3) is 0.538. The Labute approximate surface area is 107 Å². The Morgan fingerprint density at radius 2 is 2.29 bits per heavy atom. The van der Waals surface area contributed by atoms with Crippen LogP contribution in [-0.4, -0.2) is 25.9 Å². The van der Waals surface area contributed by atoms with E-state index < -0.39 is 0 Å². The molecule has 2 atom stereocenters. The third-order valence-corrected chi connectivity index (χ3v) is 3.32. The molecule has 1 fully saturated rings. The summed E-state index contributed by atoms with van der Waals surface area (Å²) in [4.78, 5) is 0. The van der Waals surface area contributed by atoms with Crippen LogP contribution in [-0.2, 0) is 4.74 Å². The van der Waals surface area contributed by atoms with Gasteiger partial charge in [0.25, 0.3) is 0 Å². The molecule has 0 spiro atoms. The standard InChI is InChI=1S/C13H18ClNO2/c1-9-3-5-11(17-9)8-15-10-4-6-12(14)13(7-10)16-2/h4,6-7,9,11,15H,3,5,8H2,1-2H3. The van der Waals surface area contributed by atoms with E-state index in [1.54, 1.807) is 7.11 Å². The first-order valence-electron chi connectivity index (χ1n) is 5.92. The van der Waals surface area contributed by atoms with Gasteiger partial charge < -0.3 is 14.8 Å². The number of hydrogen-bond donors (Lipinski definition) is 1. The van der Waals surface area contributed by atoms with Crippen molar-refractivity contribution >= 4 is 17.3 Å². The number of methoxy groups -OCH3 is 1. The fourth-order valence-corrected chi connectivity index (χ4v) is 2.23. The molecule has 0 aromatic heterocycles. The lowest BCUT2D eigenvalue weighted by atomic mass is 10.2. The van der Waals surface area contributed by atoms with Crippen LogP contribution in [0.5, 0.6) is 5.75 Å². The number of rotatable bonds is 4. The zero-order valence-electron chi connectivity index (χ0n) is 10.2. The van der Waals surface area contributed by atoms with Gasteiger partial charge in [-0.25, -0.2) is 0 Å². The molecule has 0 radical (unpaired) electrons. The van der Waals surface area contributed by atoms with Crippen LogP contribution in [0.1, 0.15) is 19.8 Å². The highest BCUT2D eigenvalue weighted by Crippen LogP contribution is 2.27. The normalized spacial score (nSPS) is 23.7. The first-order chi connectivity index (χ1) is 8.19. The highest BCUT2D eigenvalue weighted by molar-refractivity contribution is 6.32. The van der Waals surface area contributed by atoms with Crippen LogP contribution in [0, 0.1) is 0 Å². The van der Waals surface area contributed by atoms with E-state index in [-0.39, 0.29) is 0 Å². The van der Waals surface area contributed by atoms with Crippen molar-refractivity contribution in [1.82, 2.24) is 0 Å². The smallest absolute Gasteiger partial charge is 0.139 e. The zero-order valence-corrected chi connectivity index (χ0v) is 11.0. The first-order valence-corrected chi connectivity index (χ1v) is 6.29. The molecule has 4 heteroatoms. The molecule has 94 valence electrons. The fourth-order valence-electron chi connectivity index (χ4n) is 2.04. The number of anilines is 1. The minimum absolute atomic E-state index is 0.312. The van der Waals surface area contributed by atoms with Gasteiger partial charge in [-0.1, -0.05) is 11.6 Å². The number of ether oxygens (including phenoxy) is 2. The Morgan fingerprint density at radius 3 is 2.94 bits per heavy atom. The quantitative estimate of drug-likeness (QED) is 0.895. The van der Waals surface area contributed by atoms with E-state index >= 15 is 0 Å². The second-order valence-electron chi connectivity index (χ2n) is 4.38. The predicted octanol–water partition coefficient (Wildman–Crippen LogP) is 3.33. The summed E-state index contributed by atoms with van der Waals surface area (Å²) >= 11 is 5.97. The van der Waals surface area contributed by atoms with Gasteiger partial charge in [0.05, 0.1) is 24.3 Å². The lowest BCUT2D eigenvalue weighted by molar-refractivity contribution is 0.0637. The van der Waals surface area contributed by atoms with Crippen molar-refractivity contribution in [3.05, 3.63) is 23.2 Å². The van der Waals surface area contributed by atoms with Gasteiger partial charge >= 0.3 is 0 Å². The summed E-state index contributed by atoms with van der Waals surface area (Å²) < 4.78 is 10.9. The van der Waals surface area contributed by atoms with E-state index in [1.165, 1.54) is 0 Å². The number of nitrogens with one attached hydrogen (secondary N) is 1. The van der Waals surface area contributed by atoms with Crippen molar-refractivity contribution in [2.24, 2.45) is 0 Å². The predicted molar refractivity (Wildman–Crippen MR) is 70.1 cm³/mol. The van der Waals surface area contributed by atoms with Crippen molar-refractivity contribution in [3.63, 3.8) is 0 Å². The van der Waals surface area contributed by atoms with Crippen LogP contribution in [0.15, 0.2) is 18.2 Å². The van der Waals surface area contributed by atoms with Crippen molar-refractivity contribution in [2.75, 3.05) is 19.0 Å². The van der Waals surface area contributed by atoms with Crippen LogP contribution < -0.4 is 10.1 Å². The molecule has 1 aromatic rings. The van der Waals surface area contributed by atoms with E-state index in [2.05, 4.69) is 12.2 Å². The van der Waals surface area contributed by atoms with Gasteiger partial charge in [0.15, 0.2) is 0 Å². The minimum Gasteiger partial charge on any atom is -0.495 e. The summed E-state index contributed by atoms with van der Waals surface area (Å²) in [6, 6.07) is 5.69. The lowest BCUT2D eigenvalue weighted by Gasteiger charge is -2.14. The highest BCUT2D eigenvalue weighted by atomic mass is 35.5. The summed E-state index contributed by atoms with van der Waals surface area (Å²) in [5.41, 5.74) is 1.01. The number of benzene rings is 1. The maximum atomic E-state index is 5.97. The SMILES string of the molecule is COc1cc(NCC2CCC(C)O2)ccc1Cl. The van der Waals surface area contributed by atoms with Gasteiger partial charge in [0, 0.05) is 18.3 Å². The monoisotopic (exact) mass is 255 g/mol. The van der Waals surface area contributed by atoms with E-state index in [9.17, 15) is 0 Å². The Kier molecular flexibility index (Phi) is 4.13. The third-order valence-electron chi connectivity index (χ3n) is 3.00.